The first-order chi connectivity index (χ1) is 9.56. The Morgan fingerprint density at radius 1 is 1.45 bits per heavy atom. The van der Waals surface area contributed by atoms with Gasteiger partial charge in [0.1, 0.15) is 0 Å². The van der Waals surface area contributed by atoms with Crippen LogP contribution in [0.15, 0.2) is 10.5 Å². The highest BCUT2D eigenvalue weighted by Gasteiger charge is 2.26. The fraction of sp³-hybridized carbons (Fsp3) is 0.500. The lowest BCUT2D eigenvalue weighted by Gasteiger charge is -2.18. The lowest BCUT2D eigenvalue weighted by Crippen LogP contribution is -2.17. The van der Waals surface area contributed by atoms with Gasteiger partial charge in [0.25, 0.3) is 0 Å². The van der Waals surface area contributed by atoms with Crippen LogP contribution in [0.1, 0.15) is 30.6 Å². The number of fused-ring (bicyclic) bond motifs is 1. The van der Waals surface area contributed by atoms with Crippen molar-refractivity contribution in [2.75, 3.05) is 19.8 Å². The molecule has 1 N–H and O–H groups in total. The molecular formula is C14H17BrO5. The number of carbonyl (C=O) groups excluding carboxylic acids is 1. The van der Waals surface area contributed by atoms with Crippen molar-refractivity contribution in [2.24, 2.45) is 0 Å². The van der Waals surface area contributed by atoms with E-state index < -0.39 is 12.1 Å². The van der Waals surface area contributed by atoms with Crippen LogP contribution in [0.3, 0.4) is 0 Å². The monoisotopic (exact) mass is 344 g/mol. The Bertz CT molecular complexity index is 515. The normalized spacial score (nSPS) is 15.4. The summed E-state index contributed by atoms with van der Waals surface area (Å²) in [6, 6.07) is 1.67. The van der Waals surface area contributed by atoms with Crippen molar-refractivity contribution < 1.29 is 24.1 Å². The van der Waals surface area contributed by atoms with Crippen LogP contribution in [0.4, 0.5) is 0 Å². The molecule has 1 aromatic carbocycles. The van der Waals surface area contributed by atoms with Crippen LogP contribution in [0, 0.1) is 6.92 Å². The summed E-state index contributed by atoms with van der Waals surface area (Å²) in [5.74, 6) is 0.507. The second kappa shape index (κ2) is 6.45. The van der Waals surface area contributed by atoms with Crippen molar-refractivity contribution in [3.8, 4) is 11.5 Å². The SMILES string of the molecule is CCOC(=O)C(O)c1cc(Br)c2c(c1C)OCCCO2. The zero-order chi connectivity index (χ0) is 14.7. The van der Waals surface area contributed by atoms with Crippen molar-refractivity contribution >= 4 is 21.9 Å². The quantitative estimate of drug-likeness (QED) is 0.853. The number of esters is 1. The number of hydrogen-bond donors (Lipinski definition) is 1. The van der Waals surface area contributed by atoms with Crippen LogP contribution >= 0.6 is 15.9 Å². The smallest absolute Gasteiger partial charge is 0.339 e. The fourth-order valence-electron chi connectivity index (χ4n) is 2.07. The standard InChI is InChI=1S/C14H17BrO5/c1-3-18-14(17)11(16)9-7-10(15)13-12(8(9)2)19-5-4-6-20-13/h7,11,16H,3-6H2,1-2H3. The van der Waals surface area contributed by atoms with Gasteiger partial charge in [-0.3, -0.25) is 0 Å². The van der Waals surface area contributed by atoms with E-state index in [4.69, 9.17) is 14.2 Å². The second-order valence-corrected chi connectivity index (χ2v) is 5.29. The van der Waals surface area contributed by atoms with E-state index in [1.54, 1.807) is 19.9 Å². The number of benzene rings is 1. The minimum absolute atomic E-state index is 0.223. The first-order valence-corrected chi connectivity index (χ1v) is 7.28. The van der Waals surface area contributed by atoms with Crippen LogP contribution in [-0.2, 0) is 9.53 Å². The number of hydrogen-bond acceptors (Lipinski definition) is 5. The Labute approximate surface area is 126 Å². The number of rotatable bonds is 3. The van der Waals surface area contributed by atoms with E-state index in [-0.39, 0.29) is 6.61 Å². The molecule has 0 radical (unpaired) electrons. The largest absolute Gasteiger partial charge is 0.489 e. The van der Waals surface area contributed by atoms with Crippen LogP contribution in [0.2, 0.25) is 0 Å². The van der Waals surface area contributed by atoms with Gasteiger partial charge < -0.3 is 19.3 Å². The predicted molar refractivity (Wildman–Crippen MR) is 76.1 cm³/mol. The zero-order valence-corrected chi connectivity index (χ0v) is 13.0. The molecule has 0 aliphatic carbocycles. The molecule has 0 saturated heterocycles. The van der Waals surface area contributed by atoms with Gasteiger partial charge >= 0.3 is 5.97 Å². The van der Waals surface area contributed by atoms with Gasteiger partial charge in [-0.15, -0.1) is 0 Å². The highest BCUT2D eigenvalue weighted by Crippen LogP contribution is 2.43. The van der Waals surface area contributed by atoms with Gasteiger partial charge in [-0.1, -0.05) is 0 Å². The van der Waals surface area contributed by atoms with Gasteiger partial charge in [-0.2, -0.15) is 0 Å². The maximum absolute atomic E-state index is 11.7. The molecule has 1 aromatic rings. The Morgan fingerprint density at radius 2 is 2.10 bits per heavy atom. The van der Waals surface area contributed by atoms with Crippen molar-refractivity contribution in [3.63, 3.8) is 0 Å². The summed E-state index contributed by atoms with van der Waals surface area (Å²) in [5.41, 5.74) is 1.14. The van der Waals surface area contributed by atoms with E-state index >= 15 is 0 Å². The highest BCUT2D eigenvalue weighted by atomic mass is 79.9. The molecule has 6 heteroatoms. The summed E-state index contributed by atoms with van der Waals surface area (Å²) in [6.45, 7) is 4.82. The Kier molecular flexibility index (Phi) is 4.88. The molecule has 2 rings (SSSR count). The maximum Gasteiger partial charge on any atom is 0.339 e. The van der Waals surface area contributed by atoms with E-state index in [2.05, 4.69) is 15.9 Å². The summed E-state index contributed by atoms with van der Waals surface area (Å²) < 4.78 is 16.8. The molecule has 0 fully saturated rings. The molecule has 1 atom stereocenters. The van der Waals surface area contributed by atoms with E-state index in [1.807, 2.05) is 0 Å². The fourth-order valence-corrected chi connectivity index (χ4v) is 2.61. The number of aliphatic hydroxyl groups excluding tert-OH is 1. The molecule has 0 amide bonds. The van der Waals surface area contributed by atoms with Gasteiger partial charge in [0.05, 0.1) is 24.3 Å². The van der Waals surface area contributed by atoms with Crippen LogP contribution in [0.25, 0.3) is 0 Å². The maximum atomic E-state index is 11.7. The van der Waals surface area contributed by atoms with Crippen LogP contribution < -0.4 is 9.47 Å². The average molecular weight is 345 g/mol. The molecule has 0 spiro atoms. The average Bonchev–Trinajstić information content (AvgIpc) is 2.68. The number of aliphatic hydroxyl groups is 1. The van der Waals surface area contributed by atoms with E-state index in [1.165, 1.54) is 0 Å². The molecule has 0 bridgehead atoms. The van der Waals surface area contributed by atoms with Crippen LogP contribution in [0.5, 0.6) is 11.5 Å². The Balaban J connectivity index is 2.43. The first-order valence-electron chi connectivity index (χ1n) is 6.49. The molecule has 20 heavy (non-hydrogen) atoms. The van der Waals surface area contributed by atoms with Gasteiger partial charge in [0, 0.05) is 12.0 Å². The van der Waals surface area contributed by atoms with Crippen LogP contribution in [-0.4, -0.2) is 30.9 Å². The highest BCUT2D eigenvalue weighted by molar-refractivity contribution is 9.10. The second-order valence-electron chi connectivity index (χ2n) is 4.44. The Hall–Kier alpha value is -1.27. The molecule has 110 valence electrons. The minimum Gasteiger partial charge on any atom is -0.489 e. The molecule has 5 nitrogen and oxygen atoms in total. The molecule has 1 heterocycles. The lowest BCUT2D eigenvalue weighted by molar-refractivity contribution is -0.153. The van der Waals surface area contributed by atoms with E-state index in [0.717, 1.165) is 6.42 Å². The summed E-state index contributed by atoms with van der Waals surface area (Å²) in [7, 11) is 0. The lowest BCUT2D eigenvalue weighted by atomic mass is 10.0. The predicted octanol–water partition coefficient (Wildman–Crippen LogP) is 2.52. The van der Waals surface area contributed by atoms with Crippen molar-refractivity contribution in [1.29, 1.82) is 0 Å². The van der Waals surface area contributed by atoms with Gasteiger partial charge in [-0.25, -0.2) is 4.79 Å². The third-order valence-corrected chi connectivity index (χ3v) is 3.65. The number of ether oxygens (including phenoxy) is 3. The van der Waals surface area contributed by atoms with Crippen molar-refractivity contribution in [1.82, 2.24) is 0 Å². The van der Waals surface area contributed by atoms with E-state index in [0.29, 0.717) is 40.3 Å². The molecule has 1 aliphatic rings. The molecule has 1 aliphatic heterocycles. The summed E-state index contributed by atoms with van der Waals surface area (Å²) in [6.07, 6.45) is -0.542. The topological polar surface area (TPSA) is 65.0 Å². The first kappa shape index (κ1) is 15.1. The minimum atomic E-state index is -1.33. The molecule has 0 aromatic heterocycles. The molecular weight excluding hydrogens is 328 g/mol. The van der Waals surface area contributed by atoms with Crippen molar-refractivity contribution in [3.05, 3.63) is 21.7 Å². The zero-order valence-electron chi connectivity index (χ0n) is 11.4. The van der Waals surface area contributed by atoms with Crippen molar-refractivity contribution in [2.45, 2.75) is 26.4 Å². The van der Waals surface area contributed by atoms with Gasteiger partial charge in [-0.05, 0) is 41.4 Å². The number of carbonyl (C=O) groups is 1. The third kappa shape index (κ3) is 2.91. The molecule has 0 saturated carbocycles. The van der Waals surface area contributed by atoms with E-state index in [9.17, 15) is 9.90 Å². The molecule has 1 unspecified atom stereocenters. The van der Waals surface area contributed by atoms with Gasteiger partial charge in [0.15, 0.2) is 17.6 Å². The third-order valence-electron chi connectivity index (χ3n) is 3.06. The summed E-state index contributed by atoms with van der Waals surface area (Å²) in [4.78, 5) is 11.7. The summed E-state index contributed by atoms with van der Waals surface area (Å²) >= 11 is 3.39. The Morgan fingerprint density at radius 3 is 2.75 bits per heavy atom. The summed E-state index contributed by atoms with van der Waals surface area (Å²) in [5, 5.41) is 10.1. The van der Waals surface area contributed by atoms with Gasteiger partial charge in [0.2, 0.25) is 0 Å². The number of halogens is 1.